The van der Waals surface area contributed by atoms with E-state index in [2.05, 4.69) is 244 Å². The molecule has 10 aromatic carbocycles. The zero-order valence-corrected chi connectivity index (χ0v) is 34.7. The van der Waals surface area contributed by atoms with E-state index in [1.165, 1.54) is 65.7 Å². The molecule has 0 N–H and O–H groups in total. The van der Waals surface area contributed by atoms with E-state index in [0.29, 0.717) is 11.8 Å². The number of para-hydroxylation sites is 2. The van der Waals surface area contributed by atoms with E-state index in [1.807, 2.05) is 0 Å². The average molecular weight is 773 g/mol. The zero-order chi connectivity index (χ0) is 40.7. The van der Waals surface area contributed by atoms with E-state index < -0.39 is 0 Å². The second-order valence-electron chi connectivity index (χ2n) is 16.5. The highest BCUT2D eigenvalue weighted by atomic mass is 15.1. The Labute approximate surface area is 354 Å². The Bertz CT molecular complexity index is 2830. The molecule has 0 spiro atoms. The second-order valence-corrected chi connectivity index (χ2v) is 16.5. The molecule has 10 rings (SSSR count). The number of benzene rings is 10. The van der Waals surface area contributed by atoms with Crippen LogP contribution in [0.1, 0.15) is 50.7 Å². The lowest BCUT2D eigenvalue weighted by Gasteiger charge is -2.31. The molecule has 2 heteroatoms. The van der Waals surface area contributed by atoms with E-state index in [0.717, 1.165) is 34.1 Å². The number of hydrogen-bond donors (Lipinski definition) is 0. The predicted octanol–water partition coefficient (Wildman–Crippen LogP) is 17.1. The lowest BCUT2D eigenvalue weighted by molar-refractivity contribution is 0.866. The molecule has 0 aliphatic carbocycles. The Hall–Kier alpha value is -7.16. The molecule has 0 radical (unpaired) electrons. The predicted molar refractivity (Wildman–Crippen MR) is 259 cm³/mol. The number of hydrogen-bond acceptors (Lipinski definition) is 2. The molecule has 0 fully saturated rings. The summed E-state index contributed by atoms with van der Waals surface area (Å²) in [6.45, 7) is 9.03. The Morgan fingerprint density at radius 1 is 0.300 bits per heavy atom. The SMILES string of the molecule is CC(C)c1ccc(N(c2ccccc2)c2cc(-c3ccccc3)c3ccc4c(N(c5ccccc5)c5ccc(C(C)C)cc5)cc(-c5ccccc5)c5ccc2c3c54)cc1. The van der Waals surface area contributed by atoms with Crippen molar-refractivity contribution in [2.45, 2.75) is 39.5 Å². The van der Waals surface area contributed by atoms with Crippen molar-refractivity contribution in [3.05, 3.63) is 217 Å². The van der Waals surface area contributed by atoms with E-state index >= 15 is 0 Å². The van der Waals surface area contributed by atoms with Gasteiger partial charge in [-0.05, 0) is 117 Å². The number of anilines is 6. The Morgan fingerprint density at radius 3 is 0.933 bits per heavy atom. The van der Waals surface area contributed by atoms with Crippen LogP contribution in [0.2, 0.25) is 0 Å². The van der Waals surface area contributed by atoms with Crippen LogP contribution in [0.15, 0.2) is 206 Å². The van der Waals surface area contributed by atoms with Crippen LogP contribution < -0.4 is 9.80 Å². The first kappa shape index (κ1) is 37.1. The molecule has 60 heavy (non-hydrogen) atoms. The third-order valence-corrected chi connectivity index (χ3v) is 12.2. The van der Waals surface area contributed by atoms with Crippen molar-refractivity contribution in [2.75, 3.05) is 9.80 Å². The van der Waals surface area contributed by atoms with E-state index in [4.69, 9.17) is 0 Å². The van der Waals surface area contributed by atoms with Crippen LogP contribution in [0.5, 0.6) is 0 Å². The summed E-state index contributed by atoms with van der Waals surface area (Å²) in [5, 5.41) is 7.44. The summed E-state index contributed by atoms with van der Waals surface area (Å²) in [6, 6.07) is 76.1. The molecule has 0 aliphatic heterocycles. The maximum Gasteiger partial charge on any atom is 0.0546 e. The smallest absolute Gasteiger partial charge is 0.0546 e. The highest BCUT2D eigenvalue weighted by Crippen LogP contribution is 2.52. The van der Waals surface area contributed by atoms with Crippen LogP contribution in [0.25, 0.3) is 54.6 Å². The zero-order valence-electron chi connectivity index (χ0n) is 34.7. The molecule has 0 amide bonds. The molecule has 0 aromatic heterocycles. The molecule has 0 unspecified atom stereocenters. The minimum atomic E-state index is 0.444. The van der Waals surface area contributed by atoms with Gasteiger partial charge in [-0.3, -0.25) is 0 Å². The fourth-order valence-corrected chi connectivity index (χ4v) is 9.06. The van der Waals surface area contributed by atoms with Crippen LogP contribution in [-0.2, 0) is 0 Å². The van der Waals surface area contributed by atoms with Crippen molar-refractivity contribution < 1.29 is 0 Å². The molecule has 0 bridgehead atoms. The van der Waals surface area contributed by atoms with E-state index in [1.54, 1.807) is 0 Å². The number of nitrogens with zero attached hydrogens (tertiary/aromatic N) is 2. The first-order valence-corrected chi connectivity index (χ1v) is 21.2. The maximum atomic E-state index is 2.45. The third-order valence-electron chi connectivity index (χ3n) is 12.2. The van der Waals surface area contributed by atoms with E-state index in [-0.39, 0.29) is 0 Å². The van der Waals surface area contributed by atoms with Crippen molar-refractivity contribution in [1.29, 1.82) is 0 Å². The summed E-state index contributed by atoms with van der Waals surface area (Å²) in [6.07, 6.45) is 0. The van der Waals surface area contributed by atoms with Crippen molar-refractivity contribution in [1.82, 2.24) is 0 Å². The fourth-order valence-electron chi connectivity index (χ4n) is 9.06. The van der Waals surface area contributed by atoms with Gasteiger partial charge in [-0.15, -0.1) is 0 Å². The lowest BCUT2D eigenvalue weighted by atomic mass is 9.85. The standard InChI is InChI=1S/C58H48N2/c1-39(2)41-25-29-47(30-26-41)59(45-21-13-7-14-22-45)55-37-53(43-17-9-5-10-18-43)49-34-36-52-56(60(46-23-15-8-16-24-46)48-31-27-42(28-32-48)40(3)4)38-54(44-19-11-6-12-20-44)50-33-35-51(55)57(49)58(50)52/h5-40H,1-4H3. The summed E-state index contributed by atoms with van der Waals surface area (Å²) in [4.78, 5) is 4.90. The highest BCUT2D eigenvalue weighted by molar-refractivity contribution is 6.32. The van der Waals surface area contributed by atoms with Crippen LogP contribution >= 0.6 is 0 Å². The first-order chi connectivity index (χ1) is 29.4. The molecule has 0 saturated carbocycles. The highest BCUT2D eigenvalue weighted by Gasteiger charge is 2.25. The van der Waals surface area contributed by atoms with Crippen LogP contribution in [0.3, 0.4) is 0 Å². The Morgan fingerprint density at radius 2 is 0.600 bits per heavy atom. The van der Waals surface area contributed by atoms with Crippen molar-refractivity contribution in [3.8, 4) is 22.3 Å². The van der Waals surface area contributed by atoms with Gasteiger partial charge >= 0.3 is 0 Å². The molecule has 2 nitrogen and oxygen atoms in total. The third kappa shape index (κ3) is 6.55. The molecule has 0 saturated heterocycles. The van der Waals surface area contributed by atoms with Gasteiger partial charge in [0.2, 0.25) is 0 Å². The molecular formula is C58H48N2. The Kier molecular flexibility index (Phi) is 9.62. The minimum Gasteiger partial charge on any atom is -0.310 e. The summed E-state index contributed by atoms with van der Waals surface area (Å²) >= 11 is 0. The lowest BCUT2D eigenvalue weighted by Crippen LogP contribution is -2.12. The molecule has 0 atom stereocenters. The molecule has 290 valence electrons. The van der Waals surface area contributed by atoms with Gasteiger partial charge in [0.1, 0.15) is 0 Å². The van der Waals surface area contributed by atoms with Gasteiger partial charge in [0.15, 0.2) is 0 Å². The van der Waals surface area contributed by atoms with Crippen LogP contribution in [0.4, 0.5) is 34.1 Å². The van der Waals surface area contributed by atoms with Gasteiger partial charge in [-0.2, -0.15) is 0 Å². The molecular weight excluding hydrogens is 725 g/mol. The average Bonchev–Trinajstić information content (AvgIpc) is 3.30. The molecule has 0 heterocycles. The second kappa shape index (κ2) is 15.5. The summed E-state index contributed by atoms with van der Waals surface area (Å²) in [5.41, 5.74) is 14.3. The monoisotopic (exact) mass is 772 g/mol. The van der Waals surface area contributed by atoms with Gasteiger partial charge in [0, 0.05) is 44.3 Å². The van der Waals surface area contributed by atoms with Crippen molar-refractivity contribution >= 4 is 66.4 Å². The molecule has 0 aliphatic rings. The normalized spacial score (nSPS) is 11.6. The summed E-state index contributed by atoms with van der Waals surface area (Å²) in [7, 11) is 0. The summed E-state index contributed by atoms with van der Waals surface area (Å²) < 4.78 is 0. The fraction of sp³-hybridized carbons (Fsp3) is 0.103. The quantitative estimate of drug-likeness (QED) is 0.128. The first-order valence-electron chi connectivity index (χ1n) is 21.2. The summed E-state index contributed by atoms with van der Waals surface area (Å²) in [5.74, 6) is 0.889. The van der Waals surface area contributed by atoms with Gasteiger partial charge in [-0.1, -0.05) is 173 Å². The van der Waals surface area contributed by atoms with Crippen molar-refractivity contribution in [3.63, 3.8) is 0 Å². The van der Waals surface area contributed by atoms with Gasteiger partial charge in [-0.25, -0.2) is 0 Å². The van der Waals surface area contributed by atoms with Crippen LogP contribution in [0, 0.1) is 0 Å². The largest absolute Gasteiger partial charge is 0.310 e. The minimum absolute atomic E-state index is 0.444. The van der Waals surface area contributed by atoms with Gasteiger partial charge < -0.3 is 9.80 Å². The van der Waals surface area contributed by atoms with Crippen LogP contribution in [-0.4, -0.2) is 0 Å². The van der Waals surface area contributed by atoms with Gasteiger partial charge in [0.05, 0.1) is 11.4 Å². The number of rotatable bonds is 10. The van der Waals surface area contributed by atoms with E-state index in [9.17, 15) is 0 Å². The van der Waals surface area contributed by atoms with Crippen molar-refractivity contribution in [2.24, 2.45) is 0 Å². The van der Waals surface area contributed by atoms with Gasteiger partial charge in [0.25, 0.3) is 0 Å². The molecule has 10 aromatic rings. The maximum absolute atomic E-state index is 2.45. The topological polar surface area (TPSA) is 6.48 Å². The Balaban J connectivity index is 1.35.